The number of anilines is 1. The second-order valence-corrected chi connectivity index (χ2v) is 5.62. The molecular formula is C18H14BrNO2. The fourth-order valence-electron chi connectivity index (χ4n) is 1.92. The molecule has 0 atom stereocenters. The molecule has 1 N–H and O–H groups in total. The zero-order chi connectivity index (χ0) is 15.9. The van der Waals surface area contributed by atoms with Crippen LogP contribution in [0.2, 0.25) is 0 Å². The molecule has 2 aromatic carbocycles. The van der Waals surface area contributed by atoms with Gasteiger partial charge in [-0.1, -0.05) is 40.0 Å². The number of hydrogen-bond donors (Lipinski definition) is 1. The Morgan fingerprint density at radius 2 is 1.82 bits per heavy atom. The number of carbonyl (C=O) groups excluding carboxylic acids is 2. The summed E-state index contributed by atoms with van der Waals surface area (Å²) in [4.78, 5) is 23.9. The predicted molar refractivity (Wildman–Crippen MR) is 90.7 cm³/mol. The molecule has 0 aliphatic heterocycles. The van der Waals surface area contributed by atoms with Gasteiger partial charge >= 0.3 is 0 Å². The Morgan fingerprint density at radius 3 is 2.50 bits per heavy atom. The van der Waals surface area contributed by atoms with Crippen molar-refractivity contribution in [2.75, 3.05) is 5.32 Å². The van der Waals surface area contributed by atoms with Gasteiger partial charge in [0.15, 0.2) is 5.78 Å². The van der Waals surface area contributed by atoms with Crippen molar-refractivity contribution in [1.29, 1.82) is 0 Å². The van der Waals surface area contributed by atoms with Crippen LogP contribution < -0.4 is 5.32 Å². The van der Waals surface area contributed by atoms with Crippen LogP contribution in [0.25, 0.3) is 0 Å². The number of halogens is 1. The van der Waals surface area contributed by atoms with Crippen molar-refractivity contribution >= 4 is 33.3 Å². The van der Waals surface area contributed by atoms with Crippen LogP contribution in [-0.4, -0.2) is 11.7 Å². The maximum absolute atomic E-state index is 12.0. The third-order valence-electron chi connectivity index (χ3n) is 3.06. The average molecular weight is 356 g/mol. The molecule has 0 aliphatic carbocycles. The molecule has 0 aromatic heterocycles. The summed E-state index contributed by atoms with van der Waals surface area (Å²) >= 11 is 3.32. The summed E-state index contributed by atoms with van der Waals surface area (Å²) in [6.07, 6.45) is 5.62. The minimum Gasteiger partial charge on any atom is -0.326 e. The summed E-state index contributed by atoms with van der Waals surface area (Å²) in [5.41, 5.74) is 1.94. The first-order valence-corrected chi connectivity index (χ1v) is 7.53. The summed E-state index contributed by atoms with van der Waals surface area (Å²) in [5.74, 6) is 2.24. The first-order chi connectivity index (χ1) is 10.6. The van der Waals surface area contributed by atoms with Gasteiger partial charge in [0.25, 0.3) is 0 Å². The highest BCUT2D eigenvalue weighted by Gasteiger charge is 2.09. The van der Waals surface area contributed by atoms with E-state index in [-0.39, 0.29) is 24.5 Å². The number of carbonyl (C=O) groups is 2. The first kappa shape index (κ1) is 16.0. The molecule has 3 nitrogen and oxygen atoms in total. The topological polar surface area (TPSA) is 46.2 Å². The summed E-state index contributed by atoms with van der Waals surface area (Å²) in [7, 11) is 0. The highest BCUT2D eigenvalue weighted by Crippen LogP contribution is 2.14. The van der Waals surface area contributed by atoms with E-state index in [0.29, 0.717) is 16.8 Å². The Balaban J connectivity index is 1.88. The molecule has 0 saturated carbocycles. The van der Waals surface area contributed by atoms with Gasteiger partial charge in [0.2, 0.25) is 5.91 Å². The van der Waals surface area contributed by atoms with E-state index in [0.717, 1.165) is 4.47 Å². The molecule has 4 heteroatoms. The Kier molecular flexibility index (Phi) is 5.51. The highest BCUT2D eigenvalue weighted by atomic mass is 79.9. The molecule has 1 amide bonds. The minimum absolute atomic E-state index is 0.0555. The van der Waals surface area contributed by atoms with Crippen LogP contribution in [0.4, 0.5) is 5.69 Å². The van der Waals surface area contributed by atoms with Crippen LogP contribution in [-0.2, 0) is 4.79 Å². The van der Waals surface area contributed by atoms with E-state index >= 15 is 0 Å². The zero-order valence-corrected chi connectivity index (χ0v) is 13.4. The maximum Gasteiger partial charge on any atom is 0.224 e. The largest absolute Gasteiger partial charge is 0.326 e. The molecule has 22 heavy (non-hydrogen) atoms. The molecule has 0 radical (unpaired) electrons. The van der Waals surface area contributed by atoms with Gasteiger partial charge in [-0.15, -0.1) is 6.42 Å². The fourth-order valence-corrected chi connectivity index (χ4v) is 2.18. The van der Waals surface area contributed by atoms with E-state index in [9.17, 15) is 9.59 Å². The van der Waals surface area contributed by atoms with Gasteiger partial charge in [0.05, 0.1) is 0 Å². The van der Waals surface area contributed by atoms with Crippen molar-refractivity contribution in [2.24, 2.45) is 0 Å². The van der Waals surface area contributed by atoms with Crippen molar-refractivity contribution in [3.8, 4) is 12.3 Å². The Labute approximate surface area is 137 Å². The van der Waals surface area contributed by atoms with Crippen molar-refractivity contribution in [3.63, 3.8) is 0 Å². The van der Waals surface area contributed by atoms with Crippen LogP contribution in [0.1, 0.15) is 28.8 Å². The summed E-state index contributed by atoms with van der Waals surface area (Å²) < 4.78 is 0.912. The Bertz CT molecular complexity index is 729. The number of rotatable bonds is 5. The molecule has 0 heterocycles. The lowest BCUT2D eigenvalue weighted by atomic mass is 10.1. The van der Waals surface area contributed by atoms with Crippen LogP contribution >= 0.6 is 15.9 Å². The third-order valence-corrected chi connectivity index (χ3v) is 3.59. The second-order valence-electron chi connectivity index (χ2n) is 4.70. The molecule has 0 unspecified atom stereocenters. The normalized spacial score (nSPS) is 9.82. The molecule has 0 saturated heterocycles. The van der Waals surface area contributed by atoms with E-state index in [1.165, 1.54) is 0 Å². The van der Waals surface area contributed by atoms with Gasteiger partial charge < -0.3 is 5.32 Å². The smallest absolute Gasteiger partial charge is 0.224 e. The van der Waals surface area contributed by atoms with Gasteiger partial charge in [0, 0.05) is 34.1 Å². The summed E-state index contributed by atoms with van der Waals surface area (Å²) in [6.45, 7) is 0. The van der Waals surface area contributed by atoms with Crippen molar-refractivity contribution in [1.82, 2.24) is 0 Å². The van der Waals surface area contributed by atoms with Crippen LogP contribution in [0.3, 0.4) is 0 Å². The molecule has 2 rings (SSSR count). The monoisotopic (exact) mass is 355 g/mol. The SMILES string of the molecule is C#Cc1cccc(NC(=O)CCC(=O)c2ccc(Br)cc2)c1. The maximum atomic E-state index is 12.0. The molecule has 2 aromatic rings. The van der Waals surface area contributed by atoms with Crippen molar-refractivity contribution in [3.05, 3.63) is 64.1 Å². The number of Topliss-reactive ketones (excluding diaryl/α,β-unsaturated/α-hetero) is 1. The fraction of sp³-hybridized carbons (Fsp3) is 0.111. The predicted octanol–water partition coefficient (Wildman–Crippen LogP) is 4.03. The lowest BCUT2D eigenvalue weighted by Gasteiger charge is -2.05. The second kappa shape index (κ2) is 7.58. The number of terminal acetylenes is 1. The van der Waals surface area contributed by atoms with E-state index in [1.54, 1.807) is 48.5 Å². The van der Waals surface area contributed by atoms with E-state index < -0.39 is 0 Å². The van der Waals surface area contributed by atoms with Gasteiger partial charge in [-0.2, -0.15) is 0 Å². The highest BCUT2D eigenvalue weighted by molar-refractivity contribution is 9.10. The molecule has 110 valence electrons. The zero-order valence-electron chi connectivity index (χ0n) is 11.8. The number of nitrogens with one attached hydrogen (secondary N) is 1. The molecule has 0 fully saturated rings. The molecular weight excluding hydrogens is 342 g/mol. The quantitative estimate of drug-likeness (QED) is 0.649. The van der Waals surface area contributed by atoms with E-state index in [2.05, 4.69) is 27.2 Å². The molecule has 0 spiro atoms. The lowest BCUT2D eigenvalue weighted by Crippen LogP contribution is -2.13. The first-order valence-electron chi connectivity index (χ1n) is 6.74. The van der Waals surface area contributed by atoms with E-state index in [1.807, 2.05) is 0 Å². The summed E-state index contributed by atoms with van der Waals surface area (Å²) in [5, 5.41) is 2.74. The number of ketones is 1. The Morgan fingerprint density at radius 1 is 1.09 bits per heavy atom. The summed E-state index contributed by atoms with van der Waals surface area (Å²) in [6, 6.07) is 14.1. The van der Waals surface area contributed by atoms with Gasteiger partial charge in [0.1, 0.15) is 0 Å². The third kappa shape index (κ3) is 4.57. The average Bonchev–Trinajstić information content (AvgIpc) is 2.53. The number of hydrogen-bond acceptors (Lipinski definition) is 2. The van der Waals surface area contributed by atoms with Crippen LogP contribution in [0, 0.1) is 12.3 Å². The molecule has 0 bridgehead atoms. The molecule has 0 aliphatic rings. The Hall–Kier alpha value is -2.38. The van der Waals surface area contributed by atoms with Crippen molar-refractivity contribution < 1.29 is 9.59 Å². The van der Waals surface area contributed by atoms with Crippen LogP contribution in [0.15, 0.2) is 53.0 Å². The minimum atomic E-state index is -0.209. The van der Waals surface area contributed by atoms with Crippen LogP contribution in [0.5, 0.6) is 0 Å². The van der Waals surface area contributed by atoms with Gasteiger partial charge in [-0.3, -0.25) is 9.59 Å². The standard InChI is InChI=1S/C18H14BrNO2/c1-2-13-4-3-5-16(12-13)20-18(22)11-10-17(21)14-6-8-15(19)9-7-14/h1,3-9,12H,10-11H2,(H,20,22). The van der Waals surface area contributed by atoms with Gasteiger partial charge in [-0.05, 0) is 30.3 Å². The number of benzene rings is 2. The number of amides is 1. The van der Waals surface area contributed by atoms with E-state index in [4.69, 9.17) is 6.42 Å². The lowest BCUT2D eigenvalue weighted by molar-refractivity contribution is -0.116. The van der Waals surface area contributed by atoms with Crippen molar-refractivity contribution in [2.45, 2.75) is 12.8 Å². The van der Waals surface area contributed by atoms with Gasteiger partial charge in [-0.25, -0.2) is 0 Å².